The van der Waals surface area contributed by atoms with Crippen LogP contribution in [0.5, 0.6) is 0 Å². The number of amides is 2. The van der Waals surface area contributed by atoms with E-state index in [1.54, 1.807) is 4.90 Å². The molecular formula is C13H25N3O3. The Morgan fingerprint density at radius 3 is 2.42 bits per heavy atom. The minimum Gasteiger partial charge on any atom is -0.481 e. The van der Waals surface area contributed by atoms with Crippen LogP contribution in [0, 0.1) is 5.92 Å². The van der Waals surface area contributed by atoms with Crippen LogP contribution in [0.3, 0.4) is 0 Å². The maximum atomic E-state index is 11.9. The Labute approximate surface area is 114 Å². The number of carbonyl (C=O) groups is 2. The molecule has 110 valence electrons. The Morgan fingerprint density at radius 2 is 1.89 bits per heavy atom. The van der Waals surface area contributed by atoms with Crippen LogP contribution in [0.25, 0.3) is 0 Å². The lowest BCUT2D eigenvalue weighted by Crippen LogP contribution is -2.52. The first-order chi connectivity index (χ1) is 9.02. The molecule has 2 N–H and O–H groups in total. The number of hydrogen-bond donors (Lipinski definition) is 2. The summed E-state index contributed by atoms with van der Waals surface area (Å²) in [6, 6.07) is -0.00168. The van der Waals surface area contributed by atoms with Crippen molar-refractivity contribution in [3.63, 3.8) is 0 Å². The smallest absolute Gasteiger partial charge is 0.317 e. The van der Waals surface area contributed by atoms with E-state index < -0.39 is 5.97 Å². The number of carboxylic acid groups (broad SMARTS) is 1. The average Bonchev–Trinajstić information content (AvgIpc) is 2.42. The van der Waals surface area contributed by atoms with Gasteiger partial charge in [-0.15, -0.1) is 0 Å². The van der Waals surface area contributed by atoms with E-state index in [4.69, 9.17) is 5.11 Å². The zero-order valence-electron chi connectivity index (χ0n) is 11.9. The number of carbonyl (C=O) groups excluding carboxylic acids is 1. The van der Waals surface area contributed by atoms with Gasteiger partial charge in [0.15, 0.2) is 0 Å². The molecular weight excluding hydrogens is 246 g/mol. The summed E-state index contributed by atoms with van der Waals surface area (Å²) in [5, 5.41) is 11.6. The summed E-state index contributed by atoms with van der Waals surface area (Å²) in [6.07, 6.45) is 1.23. The first-order valence-corrected chi connectivity index (χ1v) is 6.99. The Morgan fingerprint density at radius 1 is 1.26 bits per heavy atom. The molecule has 0 spiro atoms. The van der Waals surface area contributed by atoms with Gasteiger partial charge in [-0.2, -0.15) is 0 Å². The van der Waals surface area contributed by atoms with Gasteiger partial charge in [0.2, 0.25) is 0 Å². The third-order valence-electron chi connectivity index (χ3n) is 3.60. The lowest BCUT2D eigenvalue weighted by atomic mass is 10.1. The molecule has 0 aromatic heterocycles. The molecule has 1 atom stereocenters. The van der Waals surface area contributed by atoms with Crippen LogP contribution >= 0.6 is 0 Å². The molecule has 0 radical (unpaired) electrons. The first kappa shape index (κ1) is 15.8. The maximum absolute atomic E-state index is 11.9. The third-order valence-corrected chi connectivity index (χ3v) is 3.60. The highest BCUT2D eigenvalue weighted by molar-refractivity contribution is 5.74. The highest BCUT2D eigenvalue weighted by Crippen LogP contribution is 2.04. The Kier molecular flexibility index (Phi) is 6.62. The van der Waals surface area contributed by atoms with E-state index in [1.165, 1.54) is 0 Å². The van der Waals surface area contributed by atoms with E-state index in [1.807, 2.05) is 0 Å². The van der Waals surface area contributed by atoms with E-state index in [9.17, 15) is 9.59 Å². The van der Waals surface area contributed by atoms with E-state index in [0.717, 1.165) is 19.5 Å². The van der Waals surface area contributed by atoms with Gasteiger partial charge < -0.3 is 15.3 Å². The molecule has 1 unspecified atom stereocenters. The van der Waals surface area contributed by atoms with Gasteiger partial charge in [0.05, 0.1) is 6.42 Å². The van der Waals surface area contributed by atoms with Crippen LogP contribution in [0.15, 0.2) is 0 Å². The quantitative estimate of drug-likeness (QED) is 0.750. The second kappa shape index (κ2) is 7.99. The zero-order chi connectivity index (χ0) is 14.3. The molecule has 0 aliphatic carbocycles. The number of rotatable bonds is 6. The van der Waals surface area contributed by atoms with Gasteiger partial charge in [0.1, 0.15) is 0 Å². The molecule has 6 heteroatoms. The van der Waals surface area contributed by atoms with Gasteiger partial charge in [-0.1, -0.05) is 20.3 Å². The molecule has 2 amide bonds. The number of nitrogens with one attached hydrogen (secondary N) is 1. The highest BCUT2D eigenvalue weighted by atomic mass is 16.4. The number of hydrogen-bond acceptors (Lipinski definition) is 3. The molecule has 6 nitrogen and oxygen atoms in total. The van der Waals surface area contributed by atoms with Crippen LogP contribution in [-0.2, 0) is 4.79 Å². The second-order valence-electron chi connectivity index (χ2n) is 5.17. The van der Waals surface area contributed by atoms with Crippen molar-refractivity contribution >= 4 is 12.0 Å². The van der Waals surface area contributed by atoms with Crippen molar-refractivity contribution in [3.8, 4) is 0 Å². The third kappa shape index (κ3) is 5.92. The molecule has 0 bridgehead atoms. The largest absolute Gasteiger partial charge is 0.481 e. The number of piperazine rings is 1. The molecule has 0 aromatic carbocycles. The monoisotopic (exact) mass is 271 g/mol. The minimum atomic E-state index is -0.770. The molecule has 1 saturated heterocycles. The number of carboxylic acids is 1. The van der Waals surface area contributed by atoms with Crippen molar-refractivity contribution in [1.82, 2.24) is 15.1 Å². The first-order valence-electron chi connectivity index (χ1n) is 6.99. The zero-order valence-corrected chi connectivity index (χ0v) is 11.9. The summed E-state index contributed by atoms with van der Waals surface area (Å²) in [7, 11) is 0. The van der Waals surface area contributed by atoms with E-state index in [0.29, 0.717) is 32.1 Å². The molecule has 1 aliphatic rings. The van der Waals surface area contributed by atoms with Crippen molar-refractivity contribution in [2.24, 2.45) is 5.92 Å². The van der Waals surface area contributed by atoms with Gasteiger partial charge in [0, 0.05) is 39.3 Å². The van der Waals surface area contributed by atoms with Crippen molar-refractivity contribution in [2.75, 3.05) is 39.3 Å². The predicted molar refractivity (Wildman–Crippen MR) is 73.1 cm³/mol. The lowest BCUT2D eigenvalue weighted by Gasteiger charge is -2.34. The fourth-order valence-corrected chi connectivity index (χ4v) is 1.95. The lowest BCUT2D eigenvalue weighted by molar-refractivity contribution is -0.137. The Bertz CT molecular complexity index is 302. The molecule has 0 aromatic rings. The van der Waals surface area contributed by atoms with Gasteiger partial charge in [-0.25, -0.2) is 4.79 Å². The minimum absolute atomic E-state index is 0.00168. The number of aliphatic carboxylic acids is 1. The predicted octanol–water partition coefficient (Wildman–Crippen LogP) is 0.834. The summed E-state index contributed by atoms with van der Waals surface area (Å²) < 4.78 is 0. The van der Waals surface area contributed by atoms with Crippen molar-refractivity contribution in [2.45, 2.75) is 26.7 Å². The Hall–Kier alpha value is -1.30. The summed E-state index contributed by atoms with van der Waals surface area (Å²) in [5.41, 5.74) is 0. The van der Waals surface area contributed by atoms with Crippen LogP contribution in [-0.4, -0.2) is 66.2 Å². The molecule has 1 aliphatic heterocycles. The van der Waals surface area contributed by atoms with Crippen molar-refractivity contribution in [3.05, 3.63) is 0 Å². The van der Waals surface area contributed by atoms with Gasteiger partial charge in [-0.3, -0.25) is 9.69 Å². The molecule has 1 rings (SSSR count). The fourth-order valence-electron chi connectivity index (χ4n) is 1.95. The van der Waals surface area contributed by atoms with Crippen LogP contribution in [0.4, 0.5) is 4.79 Å². The van der Waals surface area contributed by atoms with Crippen LogP contribution in [0.2, 0.25) is 0 Å². The fraction of sp³-hybridized carbons (Fsp3) is 0.846. The summed E-state index contributed by atoms with van der Waals surface area (Å²) in [4.78, 5) is 26.3. The average molecular weight is 271 g/mol. The molecule has 19 heavy (non-hydrogen) atoms. The summed E-state index contributed by atoms with van der Waals surface area (Å²) in [5.74, 6) is -0.269. The Balaban J connectivity index is 2.21. The van der Waals surface area contributed by atoms with Crippen molar-refractivity contribution < 1.29 is 14.7 Å². The van der Waals surface area contributed by atoms with E-state index >= 15 is 0 Å². The van der Waals surface area contributed by atoms with Gasteiger partial charge in [0.25, 0.3) is 0 Å². The van der Waals surface area contributed by atoms with Crippen LogP contribution < -0.4 is 5.32 Å². The standard InChI is InChI=1S/C13H25N3O3/c1-3-11(2)10-14-13(19)16-8-6-15(7-9-16)5-4-12(17)18/h11H,3-10H2,1-2H3,(H,14,19)(H,17,18). The topological polar surface area (TPSA) is 72.9 Å². The SMILES string of the molecule is CCC(C)CNC(=O)N1CCN(CCC(=O)O)CC1. The van der Waals surface area contributed by atoms with Crippen molar-refractivity contribution in [1.29, 1.82) is 0 Å². The van der Waals surface area contributed by atoms with Gasteiger partial charge >= 0.3 is 12.0 Å². The van der Waals surface area contributed by atoms with Gasteiger partial charge in [-0.05, 0) is 5.92 Å². The summed E-state index contributed by atoms with van der Waals surface area (Å²) >= 11 is 0. The maximum Gasteiger partial charge on any atom is 0.317 e. The number of nitrogens with zero attached hydrogens (tertiary/aromatic N) is 2. The summed E-state index contributed by atoms with van der Waals surface area (Å²) in [6.45, 7) is 8.36. The molecule has 0 saturated carbocycles. The molecule has 1 fully saturated rings. The highest BCUT2D eigenvalue weighted by Gasteiger charge is 2.21. The van der Waals surface area contributed by atoms with E-state index in [2.05, 4.69) is 24.1 Å². The van der Waals surface area contributed by atoms with E-state index in [-0.39, 0.29) is 12.5 Å². The molecule has 1 heterocycles. The second-order valence-corrected chi connectivity index (χ2v) is 5.17. The normalized spacial score (nSPS) is 18.1. The van der Waals surface area contributed by atoms with Crippen LogP contribution in [0.1, 0.15) is 26.7 Å². The number of urea groups is 1.